The Kier molecular flexibility index (Phi) is 7.24. The van der Waals surface area contributed by atoms with Crippen molar-refractivity contribution in [2.75, 3.05) is 11.9 Å². The number of hydrogen-bond donors (Lipinski definition) is 1. The summed E-state index contributed by atoms with van der Waals surface area (Å²) in [6, 6.07) is 27.1. The van der Waals surface area contributed by atoms with Gasteiger partial charge in [0.05, 0.1) is 27.8 Å². The number of nitrogens with one attached hydrogen (secondary N) is 1. The number of benzene rings is 4. The van der Waals surface area contributed by atoms with Crippen molar-refractivity contribution in [1.82, 2.24) is 9.66 Å². The topological polar surface area (TPSA) is 85.6 Å². The number of carbonyl (C=O) groups is 1. The molecule has 1 N–H and O–H groups in total. The molecule has 0 unspecified atom stereocenters. The van der Waals surface area contributed by atoms with E-state index in [4.69, 9.17) is 16.3 Å². The van der Waals surface area contributed by atoms with Gasteiger partial charge < -0.3 is 10.1 Å². The molecule has 188 valence electrons. The summed E-state index contributed by atoms with van der Waals surface area (Å²) in [6.45, 7) is -0.361. The van der Waals surface area contributed by atoms with E-state index in [-0.39, 0.29) is 28.6 Å². The first-order valence-electron chi connectivity index (χ1n) is 11.6. The van der Waals surface area contributed by atoms with Gasteiger partial charge in [-0.15, -0.1) is 0 Å². The van der Waals surface area contributed by atoms with E-state index in [0.29, 0.717) is 22.3 Å². The fourth-order valence-electron chi connectivity index (χ4n) is 3.74. The quantitative estimate of drug-likeness (QED) is 0.273. The Morgan fingerprint density at radius 2 is 1.74 bits per heavy atom. The average Bonchev–Trinajstić information content (AvgIpc) is 2.94. The molecule has 1 amide bonds. The monoisotopic (exact) mass is 526 g/mol. The second-order valence-electron chi connectivity index (χ2n) is 8.19. The molecule has 5 aromatic rings. The van der Waals surface area contributed by atoms with Gasteiger partial charge >= 0.3 is 0 Å². The van der Waals surface area contributed by atoms with E-state index in [1.165, 1.54) is 29.1 Å². The maximum Gasteiger partial charge on any atom is 0.282 e. The number of fused-ring (bicyclic) bond motifs is 1. The molecule has 4 aromatic carbocycles. The van der Waals surface area contributed by atoms with E-state index >= 15 is 0 Å². The number of halogens is 2. The highest BCUT2D eigenvalue weighted by molar-refractivity contribution is 6.32. The van der Waals surface area contributed by atoms with Gasteiger partial charge in [0.2, 0.25) is 0 Å². The molecule has 1 aromatic heterocycles. The molecular formula is C29H20ClFN4O3. The summed E-state index contributed by atoms with van der Waals surface area (Å²) >= 11 is 6.36. The second-order valence-corrected chi connectivity index (χ2v) is 8.59. The Bertz CT molecular complexity index is 1720. The zero-order valence-electron chi connectivity index (χ0n) is 19.8. The highest BCUT2D eigenvalue weighted by atomic mass is 35.5. The number of ether oxygens (including phenoxy) is 1. The molecule has 0 aliphatic carbocycles. The van der Waals surface area contributed by atoms with Gasteiger partial charge in [-0.3, -0.25) is 9.59 Å². The van der Waals surface area contributed by atoms with Crippen molar-refractivity contribution >= 4 is 40.3 Å². The van der Waals surface area contributed by atoms with Crippen LogP contribution in [0.5, 0.6) is 5.75 Å². The third-order valence-corrected chi connectivity index (χ3v) is 5.87. The minimum Gasteiger partial charge on any atom is -0.482 e. The highest BCUT2D eigenvalue weighted by Crippen LogP contribution is 2.25. The minimum atomic E-state index is -0.543. The number of amides is 1. The van der Waals surface area contributed by atoms with Gasteiger partial charge in [-0.1, -0.05) is 66.2 Å². The van der Waals surface area contributed by atoms with Gasteiger partial charge in [0.1, 0.15) is 11.6 Å². The number of aromatic nitrogens is 2. The van der Waals surface area contributed by atoms with Gasteiger partial charge in [0.15, 0.2) is 12.4 Å². The van der Waals surface area contributed by atoms with E-state index < -0.39 is 11.7 Å². The third kappa shape index (κ3) is 5.45. The van der Waals surface area contributed by atoms with Crippen molar-refractivity contribution in [3.8, 4) is 17.1 Å². The van der Waals surface area contributed by atoms with Crippen LogP contribution in [0.4, 0.5) is 10.1 Å². The van der Waals surface area contributed by atoms with E-state index in [1.807, 2.05) is 36.4 Å². The molecule has 7 nitrogen and oxygen atoms in total. The van der Waals surface area contributed by atoms with Crippen LogP contribution in [0.25, 0.3) is 22.3 Å². The molecule has 0 bridgehead atoms. The van der Waals surface area contributed by atoms with Crippen LogP contribution in [0.3, 0.4) is 0 Å². The number of anilines is 1. The Balaban J connectivity index is 1.37. The van der Waals surface area contributed by atoms with Crippen LogP contribution in [0.2, 0.25) is 5.02 Å². The van der Waals surface area contributed by atoms with E-state index in [0.717, 1.165) is 5.56 Å². The largest absolute Gasteiger partial charge is 0.482 e. The summed E-state index contributed by atoms with van der Waals surface area (Å²) in [5.74, 6) is -0.411. The molecule has 0 spiro atoms. The van der Waals surface area contributed by atoms with Crippen LogP contribution < -0.4 is 15.6 Å². The van der Waals surface area contributed by atoms with Crippen molar-refractivity contribution in [3.05, 3.63) is 124 Å². The smallest absolute Gasteiger partial charge is 0.282 e. The van der Waals surface area contributed by atoms with Crippen LogP contribution in [-0.4, -0.2) is 28.4 Å². The van der Waals surface area contributed by atoms with Crippen molar-refractivity contribution in [3.63, 3.8) is 0 Å². The molecule has 0 aliphatic rings. The van der Waals surface area contributed by atoms with Crippen LogP contribution in [0, 0.1) is 5.82 Å². The first kappa shape index (κ1) is 24.9. The lowest BCUT2D eigenvalue weighted by Gasteiger charge is -2.10. The summed E-state index contributed by atoms with van der Waals surface area (Å²) in [6.07, 6.45) is 1.49. The molecule has 1 heterocycles. The summed E-state index contributed by atoms with van der Waals surface area (Å²) in [4.78, 5) is 30.1. The van der Waals surface area contributed by atoms with E-state index in [1.54, 1.807) is 42.5 Å². The fourth-order valence-corrected chi connectivity index (χ4v) is 3.98. The van der Waals surface area contributed by atoms with Crippen LogP contribution in [-0.2, 0) is 4.79 Å². The molecule has 38 heavy (non-hydrogen) atoms. The lowest BCUT2D eigenvalue weighted by molar-refractivity contribution is -0.118. The first-order chi connectivity index (χ1) is 18.5. The van der Waals surface area contributed by atoms with E-state index in [9.17, 15) is 14.0 Å². The summed E-state index contributed by atoms with van der Waals surface area (Å²) in [5.41, 5.74) is 1.66. The number of carbonyl (C=O) groups excluding carboxylic acids is 1. The normalized spacial score (nSPS) is 11.1. The predicted octanol–water partition coefficient (Wildman–Crippen LogP) is 5.76. The van der Waals surface area contributed by atoms with Gasteiger partial charge in [-0.25, -0.2) is 9.37 Å². The zero-order valence-corrected chi connectivity index (χ0v) is 20.6. The molecule has 0 fully saturated rings. The number of rotatable bonds is 7. The Hall–Kier alpha value is -4.82. The lowest BCUT2D eigenvalue weighted by atomic mass is 10.2. The molecule has 5 rings (SSSR count). The van der Waals surface area contributed by atoms with Crippen molar-refractivity contribution in [2.45, 2.75) is 0 Å². The van der Waals surface area contributed by atoms with Crippen molar-refractivity contribution in [2.24, 2.45) is 5.10 Å². The second kappa shape index (κ2) is 11.1. The highest BCUT2D eigenvalue weighted by Gasteiger charge is 2.13. The van der Waals surface area contributed by atoms with Gasteiger partial charge in [0.25, 0.3) is 11.5 Å². The zero-order chi connectivity index (χ0) is 26.5. The molecule has 0 aliphatic heterocycles. The molecule has 9 heteroatoms. The maximum atomic E-state index is 13.7. The summed E-state index contributed by atoms with van der Waals surface area (Å²) < 4.78 is 20.5. The Morgan fingerprint density at radius 3 is 2.53 bits per heavy atom. The molecule has 0 saturated heterocycles. The van der Waals surface area contributed by atoms with E-state index in [2.05, 4.69) is 15.4 Å². The Morgan fingerprint density at radius 1 is 1.00 bits per heavy atom. The summed E-state index contributed by atoms with van der Waals surface area (Å²) in [5, 5.41) is 7.55. The van der Waals surface area contributed by atoms with Gasteiger partial charge in [-0.2, -0.15) is 9.78 Å². The fraction of sp³-hybridized carbons (Fsp3) is 0.0345. The Labute approximate surface area is 221 Å². The van der Waals surface area contributed by atoms with Crippen LogP contribution in [0.15, 0.2) is 107 Å². The van der Waals surface area contributed by atoms with Crippen molar-refractivity contribution in [1.29, 1.82) is 0 Å². The molecule has 0 atom stereocenters. The van der Waals surface area contributed by atoms with Gasteiger partial charge in [0, 0.05) is 5.56 Å². The SMILES string of the molecule is O=C(COc1ccc(C=Nn2c(-c3ccccc3)nc3ccccc3c2=O)cc1Cl)Nc1ccccc1F. The number of para-hydroxylation sites is 2. The molecular weight excluding hydrogens is 507 g/mol. The maximum absolute atomic E-state index is 13.7. The van der Waals surface area contributed by atoms with Gasteiger partial charge in [-0.05, 0) is 48.0 Å². The molecule has 0 radical (unpaired) electrons. The molecule has 0 saturated carbocycles. The third-order valence-electron chi connectivity index (χ3n) is 5.57. The van der Waals surface area contributed by atoms with Crippen LogP contribution in [0.1, 0.15) is 5.56 Å². The van der Waals surface area contributed by atoms with Crippen LogP contribution >= 0.6 is 11.6 Å². The minimum absolute atomic E-state index is 0.0621. The standard InChI is InChI=1S/C29H20ClFN4O3/c30-22-16-19(14-15-26(22)38-18-27(36)33-25-13-7-5-11-23(25)31)17-32-35-28(20-8-2-1-3-9-20)34-24-12-6-4-10-21(24)29(35)37/h1-17H,18H2,(H,33,36). The number of nitrogens with zero attached hydrogens (tertiary/aromatic N) is 3. The lowest BCUT2D eigenvalue weighted by Crippen LogP contribution is -2.21. The first-order valence-corrected chi connectivity index (χ1v) is 12.0. The predicted molar refractivity (Wildman–Crippen MR) is 146 cm³/mol. The van der Waals surface area contributed by atoms with Crippen molar-refractivity contribution < 1.29 is 13.9 Å². The summed E-state index contributed by atoms with van der Waals surface area (Å²) in [7, 11) is 0. The average molecular weight is 527 g/mol. The number of hydrogen-bond acceptors (Lipinski definition) is 5.